The van der Waals surface area contributed by atoms with E-state index in [1.54, 1.807) is 0 Å². The highest BCUT2D eigenvalue weighted by atomic mass is 32.2. The van der Waals surface area contributed by atoms with E-state index in [2.05, 4.69) is 4.98 Å². The average molecular weight is 286 g/mol. The van der Waals surface area contributed by atoms with Crippen molar-refractivity contribution in [3.8, 4) is 0 Å². The Morgan fingerprint density at radius 2 is 2.16 bits per heavy atom. The van der Waals surface area contributed by atoms with Crippen LogP contribution in [0, 0.1) is 0 Å². The number of hydrogen-bond acceptors (Lipinski definition) is 4. The van der Waals surface area contributed by atoms with Crippen molar-refractivity contribution in [2.24, 2.45) is 0 Å². The molecule has 1 aromatic rings. The van der Waals surface area contributed by atoms with Gasteiger partial charge in [-0.15, -0.1) is 0 Å². The van der Waals surface area contributed by atoms with Gasteiger partial charge in [0.2, 0.25) is 15.5 Å². The summed E-state index contributed by atoms with van der Waals surface area (Å²) in [4.78, 5) is 14.1. The largest absolute Gasteiger partial charge is 0.370 e. The Hall–Kier alpha value is -1.18. The summed E-state index contributed by atoms with van der Waals surface area (Å²) in [6.07, 6.45) is 2.43. The third-order valence-corrected chi connectivity index (χ3v) is 4.78. The van der Waals surface area contributed by atoms with Gasteiger partial charge in [-0.3, -0.25) is 4.79 Å². The van der Waals surface area contributed by atoms with Gasteiger partial charge in [-0.25, -0.2) is 8.42 Å². The molecule has 0 saturated carbocycles. The van der Waals surface area contributed by atoms with Crippen LogP contribution >= 0.6 is 0 Å². The lowest BCUT2D eigenvalue weighted by Gasteiger charge is -2.40. The lowest BCUT2D eigenvalue weighted by atomic mass is 10.1. The van der Waals surface area contributed by atoms with E-state index in [4.69, 9.17) is 4.74 Å². The molecule has 6 nitrogen and oxygen atoms in total. The quantitative estimate of drug-likeness (QED) is 0.861. The first-order chi connectivity index (χ1) is 8.72. The Bertz CT molecular complexity index is 621. The summed E-state index contributed by atoms with van der Waals surface area (Å²) in [6, 6.07) is 1.21. The Balaban J connectivity index is 2.41. The van der Waals surface area contributed by atoms with Gasteiger partial charge in [0.15, 0.2) is 0 Å². The number of pyridine rings is 1. The highest BCUT2D eigenvalue weighted by molar-refractivity contribution is 7.89. The second-order valence-electron chi connectivity index (χ2n) is 5.36. The summed E-state index contributed by atoms with van der Waals surface area (Å²) in [7, 11) is -3.79. The van der Waals surface area contributed by atoms with E-state index in [1.807, 2.05) is 20.8 Å². The van der Waals surface area contributed by atoms with E-state index in [-0.39, 0.29) is 24.1 Å². The minimum atomic E-state index is -3.79. The lowest BCUT2D eigenvalue weighted by molar-refractivity contribution is -0.109. The van der Waals surface area contributed by atoms with Crippen molar-refractivity contribution in [2.75, 3.05) is 13.1 Å². The molecule has 1 saturated heterocycles. The molecule has 1 atom stereocenters. The zero-order valence-electron chi connectivity index (χ0n) is 11.2. The number of nitrogens with zero attached hydrogens (tertiary/aromatic N) is 1. The SMILES string of the molecule is CC1CN(S(=O)(=O)c2c[nH]ccc2=O)CC(C)(C)O1. The number of aromatic nitrogens is 1. The monoisotopic (exact) mass is 286 g/mol. The number of aromatic amines is 1. The van der Waals surface area contributed by atoms with Crippen LogP contribution in [0.25, 0.3) is 0 Å². The molecule has 1 N–H and O–H groups in total. The number of morpholine rings is 1. The van der Waals surface area contributed by atoms with Crippen molar-refractivity contribution in [3.63, 3.8) is 0 Å². The Labute approximate surface area is 112 Å². The van der Waals surface area contributed by atoms with E-state index in [9.17, 15) is 13.2 Å². The molecule has 1 unspecified atom stereocenters. The summed E-state index contributed by atoms with van der Waals surface area (Å²) in [5.74, 6) is 0. The topological polar surface area (TPSA) is 79.5 Å². The van der Waals surface area contributed by atoms with Crippen molar-refractivity contribution in [3.05, 3.63) is 28.7 Å². The molecule has 0 aliphatic carbocycles. The maximum absolute atomic E-state index is 12.5. The molecule has 0 radical (unpaired) electrons. The van der Waals surface area contributed by atoms with E-state index in [0.29, 0.717) is 0 Å². The first-order valence-electron chi connectivity index (χ1n) is 6.07. The van der Waals surface area contributed by atoms with Gasteiger partial charge in [0.1, 0.15) is 4.90 Å². The molecular weight excluding hydrogens is 268 g/mol. The molecule has 7 heteroatoms. The zero-order chi connectivity index (χ0) is 14.3. The summed E-state index contributed by atoms with van der Waals surface area (Å²) in [6.45, 7) is 5.97. The molecule has 1 aromatic heterocycles. The van der Waals surface area contributed by atoms with Crippen molar-refractivity contribution >= 4 is 10.0 Å². The van der Waals surface area contributed by atoms with E-state index in [1.165, 1.54) is 22.8 Å². The summed E-state index contributed by atoms with van der Waals surface area (Å²) < 4.78 is 32.0. The van der Waals surface area contributed by atoms with E-state index < -0.39 is 21.1 Å². The van der Waals surface area contributed by atoms with Crippen molar-refractivity contribution in [1.29, 1.82) is 0 Å². The molecule has 1 aliphatic rings. The van der Waals surface area contributed by atoms with Gasteiger partial charge >= 0.3 is 0 Å². The van der Waals surface area contributed by atoms with Gasteiger partial charge in [-0.1, -0.05) is 0 Å². The Kier molecular flexibility index (Phi) is 3.55. The molecule has 0 spiro atoms. The van der Waals surface area contributed by atoms with Crippen LogP contribution in [0.15, 0.2) is 28.2 Å². The van der Waals surface area contributed by atoms with Gasteiger partial charge in [0.25, 0.3) is 0 Å². The van der Waals surface area contributed by atoms with Crippen LogP contribution in [0.4, 0.5) is 0 Å². The predicted molar refractivity (Wildman–Crippen MR) is 70.4 cm³/mol. The van der Waals surface area contributed by atoms with Crippen LogP contribution in [0.5, 0.6) is 0 Å². The molecule has 0 amide bonds. The first-order valence-corrected chi connectivity index (χ1v) is 7.51. The third-order valence-electron chi connectivity index (χ3n) is 2.94. The van der Waals surface area contributed by atoms with E-state index in [0.717, 1.165) is 0 Å². The highest BCUT2D eigenvalue weighted by Crippen LogP contribution is 2.24. The van der Waals surface area contributed by atoms with Crippen LogP contribution in [0.1, 0.15) is 20.8 Å². The molecule has 2 rings (SSSR count). The van der Waals surface area contributed by atoms with Gasteiger partial charge < -0.3 is 9.72 Å². The fourth-order valence-corrected chi connectivity index (χ4v) is 4.02. The third kappa shape index (κ3) is 2.88. The van der Waals surface area contributed by atoms with Crippen LogP contribution in [0.3, 0.4) is 0 Å². The number of ether oxygens (including phenoxy) is 1. The predicted octanol–water partition coefficient (Wildman–Crippen LogP) is 0.563. The van der Waals surface area contributed by atoms with Crippen molar-refractivity contribution < 1.29 is 13.2 Å². The lowest BCUT2D eigenvalue weighted by Crippen LogP contribution is -2.54. The fourth-order valence-electron chi connectivity index (χ4n) is 2.32. The summed E-state index contributed by atoms with van der Waals surface area (Å²) in [5.41, 5.74) is -1.07. The maximum Gasteiger partial charge on any atom is 0.248 e. The zero-order valence-corrected chi connectivity index (χ0v) is 12.0. The minimum Gasteiger partial charge on any atom is -0.370 e. The molecule has 0 bridgehead atoms. The van der Waals surface area contributed by atoms with Crippen molar-refractivity contribution in [1.82, 2.24) is 9.29 Å². The average Bonchev–Trinajstić information content (AvgIpc) is 2.26. The maximum atomic E-state index is 12.5. The molecule has 2 heterocycles. The smallest absolute Gasteiger partial charge is 0.248 e. The minimum absolute atomic E-state index is 0.207. The number of sulfonamides is 1. The van der Waals surface area contributed by atoms with E-state index >= 15 is 0 Å². The highest BCUT2D eigenvalue weighted by Gasteiger charge is 2.38. The van der Waals surface area contributed by atoms with Gasteiger partial charge in [-0.05, 0) is 20.8 Å². The standard InChI is InChI=1S/C12H18N2O4S/c1-9-7-14(8-12(2,3)18-9)19(16,17)11-6-13-5-4-10(11)15/h4-6,9H,7-8H2,1-3H3,(H,13,15). The fraction of sp³-hybridized carbons (Fsp3) is 0.583. The molecule has 106 valence electrons. The van der Waals surface area contributed by atoms with Crippen LogP contribution in [-0.2, 0) is 14.8 Å². The van der Waals surface area contributed by atoms with Crippen molar-refractivity contribution in [2.45, 2.75) is 37.4 Å². The summed E-state index contributed by atoms with van der Waals surface area (Å²) >= 11 is 0. The van der Waals surface area contributed by atoms with Crippen LogP contribution in [0.2, 0.25) is 0 Å². The first kappa shape index (κ1) is 14.2. The molecular formula is C12H18N2O4S. The number of H-pyrrole nitrogens is 1. The second kappa shape index (κ2) is 4.73. The van der Waals surface area contributed by atoms with Crippen LogP contribution in [-0.4, -0.2) is 42.5 Å². The summed E-state index contributed by atoms with van der Waals surface area (Å²) in [5, 5.41) is 0. The van der Waals surface area contributed by atoms with Gasteiger partial charge in [0.05, 0.1) is 11.7 Å². The normalized spacial score (nSPS) is 24.3. The number of rotatable bonds is 2. The molecule has 19 heavy (non-hydrogen) atoms. The van der Waals surface area contributed by atoms with Crippen LogP contribution < -0.4 is 5.43 Å². The Morgan fingerprint density at radius 1 is 1.47 bits per heavy atom. The molecule has 1 fully saturated rings. The molecule has 1 aliphatic heterocycles. The number of nitrogens with one attached hydrogen (secondary N) is 1. The second-order valence-corrected chi connectivity index (χ2v) is 7.26. The molecule has 0 aromatic carbocycles. The van der Waals surface area contributed by atoms with Gasteiger partial charge in [-0.2, -0.15) is 4.31 Å². The number of hydrogen-bond donors (Lipinski definition) is 1. The van der Waals surface area contributed by atoms with Gasteiger partial charge in [0, 0.05) is 31.5 Å². The Morgan fingerprint density at radius 3 is 2.74 bits per heavy atom.